The van der Waals surface area contributed by atoms with Gasteiger partial charge in [0, 0.05) is 23.5 Å². The van der Waals surface area contributed by atoms with Gasteiger partial charge in [0.1, 0.15) is 0 Å². The van der Waals surface area contributed by atoms with Gasteiger partial charge in [0.05, 0.1) is 38.2 Å². The Bertz CT molecular complexity index is 1930. The number of hydrogen-bond acceptors (Lipinski definition) is 3. The fraction of sp³-hybridized carbons (Fsp3) is 0. The van der Waals surface area contributed by atoms with Crippen LogP contribution in [0, 0.1) is 0 Å². The van der Waals surface area contributed by atoms with Crippen LogP contribution in [0.5, 0.6) is 0 Å². The zero-order chi connectivity index (χ0) is 34.6. The minimum Gasteiger partial charge on any atom is -0.230 e. The second kappa shape index (κ2) is 9.50. The van der Waals surface area contributed by atoms with Crippen LogP contribution in [0.15, 0.2) is 126 Å². The lowest BCUT2D eigenvalue weighted by Crippen LogP contribution is -1.97. The molecule has 0 N–H and O–H groups in total. The number of aromatic nitrogens is 2. The van der Waals surface area contributed by atoms with Crippen molar-refractivity contribution < 1.29 is 20.6 Å². The summed E-state index contributed by atoms with van der Waals surface area (Å²) < 4.78 is 130. The van der Waals surface area contributed by atoms with Crippen LogP contribution < -0.4 is 4.72 Å². The molecule has 32 heavy (non-hydrogen) atoms. The molecule has 0 fully saturated rings. The van der Waals surface area contributed by atoms with Crippen molar-refractivity contribution in [2.75, 3.05) is 0 Å². The van der Waals surface area contributed by atoms with Crippen LogP contribution >= 0.6 is 11.9 Å². The van der Waals surface area contributed by atoms with E-state index in [4.69, 9.17) is 20.6 Å². The molecule has 0 aliphatic heterocycles. The maximum absolute atomic E-state index is 8.71. The summed E-state index contributed by atoms with van der Waals surface area (Å²) in [5.74, 6) is 0. The van der Waals surface area contributed by atoms with E-state index in [0.717, 1.165) is 0 Å². The summed E-state index contributed by atoms with van der Waals surface area (Å²) >= 11 is 0.690. The average molecular weight is 446 g/mol. The molecule has 1 heterocycles. The quantitative estimate of drug-likeness (QED) is 0.202. The Morgan fingerprint density at radius 3 is 1.56 bits per heavy atom. The lowest BCUT2D eigenvalue weighted by atomic mass is 9.91. The molecule has 1 aromatic heterocycles. The maximum atomic E-state index is 8.71. The van der Waals surface area contributed by atoms with Gasteiger partial charge in [0.2, 0.25) is 5.16 Å². The monoisotopic (exact) mass is 445 g/mol. The highest BCUT2D eigenvalue weighted by Crippen LogP contribution is 2.42. The summed E-state index contributed by atoms with van der Waals surface area (Å²) in [4.78, 5) is 8.19. The molecule has 0 atom stereocenters. The molecular weight excluding hydrogens is 410 g/mol. The molecule has 0 aliphatic carbocycles. The minimum absolute atomic E-state index is 0.112. The van der Waals surface area contributed by atoms with E-state index in [0.29, 0.717) is 11.9 Å². The zero-order valence-corrected chi connectivity index (χ0v) is 17.0. The molecule has 0 bridgehead atoms. The first-order valence-electron chi connectivity index (χ1n) is 16.6. The third kappa shape index (κ3) is 4.41. The van der Waals surface area contributed by atoms with Gasteiger partial charge in [-0.15, -0.1) is 0 Å². The molecule has 4 heteroatoms. The Labute approximate surface area is 213 Å². The molecule has 0 spiro atoms. The molecule has 3 nitrogen and oxygen atoms in total. The van der Waals surface area contributed by atoms with E-state index in [-0.39, 0.29) is 33.1 Å². The first kappa shape index (κ1) is 9.31. The van der Waals surface area contributed by atoms with E-state index in [2.05, 4.69) is 14.7 Å². The molecule has 0 saturated heterocycles. The van der Waals surface area contributed by atoms with Gasteiger partial charge in [-0.3, -0.25) is 0 Å². The molecule has 0 amide bonds. The largest absolute Gasteiger partial charge is 0.230 e. The molecule has 153 valence electrons. The third-order valence-electron chi connectivity index (χ3n) is 4.20. The highest BCUT2D eigenvalue weighted by Gasteiger charge is 2.17. The molecule has 0 unspecified atom stereocenters. The van der Waals surface area contributed by atoms with Crippen molar-refractivity contribution >= 4 is 17.6 Å². The van der Waals surface area contributed by atoms with Crippen molar-refractivity contribution in [1.82, 2.24) is 14.7 Å². The van der Waals surface area contributed by atoms with Gasteiger partial charge in [-0.1, -0.05) is 90.6 Å². The topological polar surface area (TPSA) is 39.9 Å². The summed E-state index contributed by atoms with van der Waals surface area (Å²) in [6, 6.07) is -6.17. The Morgan fingerprint density at radius 2 is 1.06 bits per heavy atom. The van der Waals surface area contributed by atoms with Crippen molar-refractivity contribution in [3.63, 3.8) is 0 Å². The number of rotatable bonds is 6. The van der Waals surface area contributed by atoms with Gasteiger partial charge < -0.3 is 0 Å². The third-order valence-corrected chi connectivity index (χ3v) is 4.85. The van der Waals surface area contributed by atoms with Gasteiger partial charge in [0.15, 0.2) is 0 Å². The maximum Gasteiger partial charge on any atom is 0.210 e. The van der Waals surface area contributed by atoms with Gasteiger partial charge in [0.25, 0.3) is 0 Å². The normalized spacial score (nSPS) is 17.2. The molecular formula is C28H20N3S. The van der Waals surface area contributed by atoms with Gasteiger partial charge in [-0.05, 0) is 40.5 Å². The summed E-state index contributed by atoms with van der Waals surface area (Å²) in [6.45, 7) is 0. The van der Waals surface area contributed by atoms with Crippen LogP contribution in [-0.2, 0) is 0 Å². The van der Waals surface area contributed by atoms with Gasteiger partial charge in [-0.2, -0.15) is 0 Å². The van der Waals surface area contributed by atoms with E-state index in [1.54, 1.807) is 6.07 Å². The Balaban J connectivity index is 2.02. The van der Waals surface area contributed by atoms with Crippen molar-refractivity contribution in [3.8, 4) is 33.4 Å². The van der Waals surface area contributed by atoms with E-state index < -0.39 is 102 Å². The van der Waals surface area contributed by atoms with Crippen LogP contribution in [0.4, 0.5) is 5.69 Å². The molecule has 5 aromatic rings. The van der Waals surface area contributed by atoms with E-state index in [9.17, 15) is 0 Å². The molecule has 0 saturated carbocycles. The average Bonchev–Trinajstić information content (AvgIpc) is 3.06. The second-order valence-electron chi connectivity index (χ2n) is 6.13. The standard InChI is InChI=1S/C28H20N3S/c1-4-11-21(12-5-1)24-19-25(22-13-6-2-7-14-22)27(31-32-28-29-17-10-18-30-28)26(20-24)23-15-8-3-9-16-23/h1-20H/i1D,2D,3D,4D,5D,6D,7D,8D,9D,11D,12D,13D,14D,15D,16D. The second-order valence-corrected chi connectivity index (χ2v) is 6.86. The van der Waals surface area contributed by atoms with Crippen LogP contribution in [0.2, 0.25) is 0 Å². The van der Waals surface area contributed by atoms with E-state index >= 15 is 0 Å². The highest BCUT2D eigenvalue weighted by atomic mass is 32.2. The summed E-state index contributed by atoms with van der Waals surface area (Å²) in [5, 5.41) is 0.112. The van der Waals surface area contributed by atoms with Crippen LogP contribution in [0.25, 0.3) is 33.4 Å². The number of benzene rings is 4. The zero-order valence-electron chi connectivity index (χ0n) is 31.1. The number of nitrogens with zero attached hydrogens (tertiary/aromatic N) is 3. The predicted molar refractivity (Wildman–Crippen MR) is 132 cm³/mol. The van der Waals surface area contributed by atoms with Crippen LogP contribution in [0.1, 0.15) is 20.6 Å². The van der Waals surface area contributed by atoms with Crippen molar-refractivity contribution in [3.05, 3.63) is 121 Å². The molecule has 1 radical (unpaired) electrons. The van der Waals surface area contributed by atoms with E-state index in [1.807, 2.05) is 0 Å². The van der Waals surface area contributed by atoms with E-state index in [1.165, 1.54) is 24.5 Å². The Kier molecular flexibility index (Phi) is 2.76. The molecule has 5 rings (SSSR count). The predicted octanol–water partition coefficient (Wildman–Crippen LogP) is 7.42. The van der Waals surface area contributed by atoms with Gasteiger partial charge in [-0.25, -0.2) is 14.7 Å². The Hall–Kier alpha value is -3.89. The van der Waals surface area contributed by atoms with Crippen molar-refractivity contribution in [2.24, 2.45) is 0 Å². The fourth-order valence-electron chi connectivity index (χ4n) is 2.84. The SMILES string of the molecule is [2H]c1c([2H])c([2H])c(-c2cc(-c3c([2H])c([2H])c([2H])c([2H])c3[2H])c([N]Sc3ncccn3)c(-c3c([2H])c([2H])c([2H])c([2H])c3[2H])c2)c([2H])c1[2H]. The first-order chi connectivity index (χ1) is 22.1. The minimum atomic E-state index is -0.705. The first-order valence-corrected chi connectivity index (χ1v) is 9.92. The van der Waals surface area contributed by atoms with Crippen LogP contribution in [-0.4, -0.2) is 9.97 Å². The Morgan fingerprint density at radius 1 is 0.594 bits per heavy atom. The fourth-order valence-corrected chi connectivity index (χ4v) is 3.43. The highest BCUT2D eigenvalue weighted by molar-refractivity contribution is 7.97. The van der Waals surface area contributed by atoms with Crippen molar-refractivity contribution in [2.45, 2.75) is 5.16 Å². The van der Waals surface area contributed by atoms with Gasteiger partial charge >= 0.3 is 0 Å². The summed E-state index contributed by atoms with van der Waals surface area (Å²) in [6.07, 6.45) is 2.86. The smallest absolute Gasteiger partial charge is 0.210 e. The lowest BCUT2D eigenvalue weighted by Gasteiger charge is -2.17. The molecule has 0 aliphatic rings. The molecule has 4 aromatic carbocycles. The number of hydrogen-bond donors (Lipinski definition) is 0. The lowest BCUT2D eigenvalue weighted by molar-refractivity contribution is 0.963. The summed E-state index contributed by atoms with van der Waals surface area (Å²) in [5.41, 5.74) is -1.91. The summed E-state index contributed by atoms with van der Waals surface area (Å²) in [7, 11) is 0. The van der Waals surface area contributed by atoms with Crippen molar-refractivity contribution in [1.29, 1.82) is 0 Å². The van der Waals surface area contributed by atoms with Crippen LogP contribution in [0.3, 0.4) is 0 Å².